The van der Waals surface area contributed by atoms with E-state index in [4.69, 9.17) is 21.7 Å². The van der Waals surface area contributed by atoms with Crippen LogP contribution >= 0.6 is 0 Å². The standard InChI is InChI=1S/C5H6N.2C4H8N2O2.Co.HN3/c1-2-4-6-5-3-1;2*1-3(5-7)4(2)6-8;;1-3-2/h1-4H,5H2;2*5,7H,1-2H3;;1H/q-1;;;;. The van der Waals surface area contributed by atoms with E-state index in [-0.39, 0.29) is 28.2 Å². The normalized spacial score (nSPS) is 11.9. The van der Waals surface area contributed by atoms with Crippen LogP contribution in [0.2, 0.25) is 0 Å². The molecule has 1 aliphatic heterocycles. The number of hydrogen-bond acceptors (Lipinski definition) is 9. The van der Waals surface area contributed by atoms with Gasteiger partial charge >= 0.3 is 0 Å². The predicted octanol–water partition coefficient (Wildman–Crippen LogP) is 4.21. The topological polar surface area (TPSA) is 189 Å². The third-order valence-electron chi connectivity index (χ3n) is 2.34. The molecule has 0 aromatic heterocycles. The Morgan fingerprint density at radius 2 is 1.46 bits per heavy atom. The quantitative estimate of drug-likeness (QED) is 0.301. The van der Waals surface area contributed by atoms with Gasteiger partial charge < -0.3 is 5.32 Å². The molecule has 0 saturated carbocycles. The van der Waals surface area contributed by atoms with E-state index in [9.17, 15) is 9.81 Å². The van der Waals surface area contributed by atoms with Gasteiger partial charge in [-0.15, -0.1) is 27.8 Å². The summed E-state index contributed by atoms with van der Waals surface area (Å²) in [7, 11) is 0. The third-order valence-corrected chi connectivity index (χ3v) is 2.34. The number of hydroxylamine groups is 2. The molecule has 1 radical (unpaired) electrons. The summed E-state index contributed by atoms with van der Waals surface area (Å²) in [6.07, 6.45) is 7.73. The maximum absolute atomic E-state index is 9.65. The van der Waals surface area contributed by atoms with Crippen molar-refractivity contribution in [2.45, 2.75) is 27.7 Å². The molecule has 0 aromatic carbocycles. The molecule has 0 amide bonds. The van der Waals surface area contributed by atoms with Gasteiger partial charge in [0.15, 0.2) is 0 Å². The first kappa shape index (κ1) is 31.0. The molecular formula is C13H23CoN8O4-. The minimum Gasteiger partial charge on any atom is -0.687 e. The number of nitroso groups, excluding NO2 is 2. The monoisotopic (exact) mass is 414 g/mol. The first-order valence-electron chi connectivity index (χ1n) is 6.67. The first-order chi connectivity index (χ1) is 11.9. The molecule has 0 atom stereocenters. The van der Waals surface area contributed by atoms with Gasteiger partial charge in [-0.3, -0.25) is 21.4 Å². The van der Waals surface area contributed by atoms with Gasteiger partial charge in [-0.1, -0.05) is 18.0 Å². The van der Waals surface area contributed by atoms with Crippen LogP contribution in [0, 0.1) is 15.2 Å². The van der Waals surface area contributed by atoms with Crippen molar-refractivity contribution >= 4 is 0 Å². The number of diazo groups is 1. The maximum atomic E-state index is 9.65. The molecule has 12 nitrogen and oxygen atoms in total. The van der Waals surface area contributed by atoms with Crippen LogP contribution in [0.1, 0.15) is 27.7 Å². The van der Waals surface area contributed by atoms with Gasteiger partial charge in [-0.25, -0.2) is 0 Å². The molecule has 13 heteroatoms. The number of nitrogens with zero attached hydrogens (tertiary/aromatic N) is 5. The maximum Gasteiger partial charge on any atom is 0.103 e. The summed E-state index contributed by atoms with van der Waals surface area (Å²) in [5, 5.41) is 33.9. The summed E-state index contributed by atoms with van der Waals surface area (Å²) in [6.45, 7) is 6.97. The van der Waals surface area contributed by atoms with Gasteiger partial charge in [0.25, 0.3) is 0 Å². The van der Waals surface area contributed by atoms with Gasteiger partial charge in [-0.2, -0.15) is 6.20 Å². The second-order valence-electron chi connectivity index (χ2n) is 4.06. The molecule has 0 fully saturated rings. The predicted molar refractivity (Wildman–Crippen MR) is 94.1 cm³/mol. The average molecular weight is 414 g/mol. The molecule has 0 unspecified atom stereocenters. The van der Waals surface area contributed by atoms with Crippen molar-refractivity contribution in [3.8, 4) is 0 Å². The van der Waals surface area contributed by atoms with E-state index in [0.717, 1.165) is 6.54 Å². The molecule has 0 spiro atoms. The van der Waals surface area contributed by atoms with Crippen LogP contribution in [-0.2, 0) is 16.8 Å². The molecule has 0 saturated heterocycles. The van der Waals surface area contributed by atoms with Crippen LogP contribution in [-0.4, -0.2) is 17.0 Å². The molecule has 0 aromatic rings. The molecule has 1 aliphatic rings. The van der Waals surface area contributed by atoms with E-state index in [1.165, 1.54) is 13.8 Å². The molecule has 26 heavy (non-hydrogen) atoms. The molecule has 0 bridgehead atoms. The summed E-state index contributed by atoms with van der Waals surface area (Å²) < 4.78 is 0. The van der Waals surface area contributed by atoms with Crippen molar-refractivity contribution < 1.29 is 27.2 Å². The van der Waals surface area contributed by atoms with Crippen LogP contribution in [0.25, 0.3) is 16.2 Å². The number of allylic oxidation sites excluding steroid dienone is 6. The Hall–Kier alpha value is -2.79. The van der Waals surface area contributed by atoms with Gasteiger partial charge in [0, 0.05) is 16.8 Å². The Morgan fingerprint density at radius 1 is 1.08 bits per heavy atom. The number of hydrogen-bond donors (Lipinski definition) is 4. The van der Waals surface area contributed by atoms with Gasteiger partial charge in [0.05, 0.1) is 16.5 Å². The largest absolute Gasteiger partial charge is 0.687 e. The summed E-state index contributed by atoms with van der Waals surface area (Å²) >= 11 is 0. The Balaban J connectivity index is -0.000000128. The zero-order valence-electron chi connectivity index (χ0n) is 14.8. The van der Waals surface area contributed by atoms with E-state index < -0.39 is 0 Å². The third kappa shape index (κ3) is 23.5. The fourth-order valence-corrected chi connectivity index (χ4v) is 0.670. The second kappa shape index (κ2) is 24.5. The van der Waals surface area contributed by atoms with Gasteiger partial charge in [0.1, 0.15) is 11.4 Å². The zero-order valence-corrected chi connectivity index (χ0v) is 15.8. The van der Waals surface area contributed by atoms with Crippen molar-refractivity contribution in [1.82, 2.24) is 11.0 Å². The molecule has 1 rings (SSSR count). The molecule has 1 heterocycles. The summed E-state index contributed by atoms with van der Waals surface area (Å²) in [6, 6.07) is 0. The van der Waals surface area contributed by atoms with Gasteiger partial charge in [-0.05, 0) is 38.0 Å². The summed E-state index contributed by atoms with van der Waals surface area (Å²) in [4.78, 5) is 19.3. The van der Waals surface area contributed by atoms with Crippen LogP contribution in [0.5, 0.6) is 0 Å². The minimum absolute atomic E-state index is 0. The van der Waals surface area contributed by atoms with Crippen LogP contribution < -0.4 is 11.0 Å². The van der Waals surface area contributed by atoms with Crippen molar-refractivity contribution in [2.24, 2.45) is 10.4 Å². The first-order valence-corrected chi connectivity index (χ1v) is 6.67. The fourth-order valence-electron chi connectivity index (χ4n) is 0.670. The van der Waals surface area contributed by atoms with E-state index in [0.29, 0.717) is 11.4 Å². The average Bonchev–Trinajstić information content (AvgIpc) is 2.68. The smallest absolute Gasteiger partial charge is 0.103 e. The number of rotatable bonds is 4. The van der Waals surface area contributed by atoms with Gasteiger partial charge in [0.2, 0.25) is 0 Å². The van der Waals surface area contributed by atoms with E-state index in [1.54, 1.807) is 36.1 Å². The van der Waals surface area contributed by atoms with Crippen LogP contribution in [0.4, 0.5) is 0 Å². The van der Waals surface area contributed by atoms with Crippen LogP contribution in [0.3, 0.4) is 0 Å². The molecule has 5 N–H and O–H groups in total. The Labute approximate surface area is 161 Å². The Bertz CT molecular complexity index is 499. The van der Waals surface area contributed by atoms with Crippen molar-refractivity contribution in [3.63, 3.8) is 0 Å². The van der Waals surface area contributed by atoms with Crippen molar-refractivity contribution in [3.05, 3.63) is 73.3 Å². The summed E-state index contributed by atoms with van der Waals surface area (Å²) in [5.74, 6) is 5.39. The molecule has 0 aliphatic carbocycles. The minimum atomic E-state index is 0. The molecular weight excluding hydrogens is 391 g/mol. The SMILES string of the molecule is C1=CC[N-]C=C1.CC(N=O)=C(C)NO.CC(N=O)=C(C)NO.N#[N+][NH-].[Co]. The second-order valence-corrected chi connectivity index (χ2v) is 4.06. The summed E-state index contributed by atoms with van der Waals surface area (Å²) in [5.41, 5.74) is 4.87. The fraction of sp³-hybridized carbons (Fsp3) is 0.385. The Kier molecular flexibility index (Phi) is 29.2. The van der Waals surface area contributed by atoms with E-state index in [1.807, 2.05) is 18.2 Å². The molecule has 149 valence electrons. The Morgan fingerprint density at radius 3 is 1.54 bits per heavy atom. The van der Waals surface area contributed by atoms with Crippen molar-refractivity contribution in [1.29, 1.82) is 5.39 Å². The number of nitrogens with one attached hydrogen (secondary N) is 3. The van der Waals surface area contributed by atoms with E-state index in [2.05, 4.69) is 15.7 Å². The van der Waals surface area contributed by atoms with Crippen LogP contribution in [0.15, 0.2) is 57.6 Å². The van der Waals surface area contributed by atoms with E-state index >= 15 is 0 Å². The zero-order chi connectivity index (χ0) is 20.1. The van der Waals surface area contributed by atoms with Crippen molar-refractivity contribution in [2.75, 3.05) is 6.54 Å².